The zero-order chi connectivity index (χ0) is 7.40. The molecule has 0 spiro atoms. The van der Waals surface area contributed by atoms with E-state index < -0.39 is 0 Å². The van der Waals surface area contributed by atoms with E-state index in [1.54, 1.807) is 24.3 Å². The van der Waals surface area contributed by atoms with Crippen LogP contribution < -0.4 is 0 Å². The second kappa shape index (κ2) is 7.05. The van der Waals surface area contributed by atoms with Gasteiger partial charge in [-0.1, -0.05) is 6.07 Å². The van der Waals surface area contributed by atoms with Crippen molar-refractivity contribution in [3.8, 4) is 11.8 Å². The number of rotatable bonds is 0. The van der Waals surface area contributed by atoms with Crippen LogP contribution in [-0.4, -0.2) is 0 Å². The Morgan fingerprint density at radius 1 is 0.917 bits per heavy atom. The summed E-state index contributed by atoms with van der Waals surface area (Å²) in [7, 11) is 0. The van der Waals surface area contributed by atoms with Gasteiger partial charge < -0.3 is 12.8 Å². The van der Waals surface area contributed by atoms with E-state index in [9.17, 15) is 0 Å². The van der Waals surface area contributed by atoms with Crippen molar-refractivity contribution in [1.29, 1.82) is 0 Å². The van der Waals surface area contributed by atoms with E-state index in [4.69, 9.17) is 12.8 Å². The third-order valence-electron chi connectivity index (χ3n) is 1.15. The maximum absolute atomic E-state index is 6.78. The van der Waals surface area contributed by atoms with E-state index >= 15 is 0 Å². The van der Waals surface area contributed by atoms with Crippen molar-refractivity contribution in [1.82, 2.24) is 0 Å². The van der Waals surface area contributed by atoms with Gasteiger partial charge in [0.1, 0.15) is 0 Å². The molecule has 0 saturated heterocycles. The first-order valence-corrected chi connectivity index (χ1v) is 2.82. The van der Waals surface area contributed by atoms with Crippen LogP contribution in [0.25, 0.3) is 0 Å². The molecule has 1 aromatic rings. The Hall–Kier alpha value is -0.621. The van der Waals surface area contributed by atoms with Gasteiger partial charge >= 0.3 is 0 Å². The summed E-state index contributed by atoms with van der Waals surface area (Å²) < 4.78 is 0. The standard InChI is InChI=1S/C10H4.2Fe/c1-3-9-6-5-7-10(4-2)8-9;;/h5-8H;;/q-2;;. The van der Waals surface area contributed by atoms with Gasteiger partial charge in [-0.15, -0.1) is 23.3 Å². The monoisotopic (exact) mass is 236 g/mol. The smallest absolute Gasteiger partial charge is 0 e. The quantitative estimate of drug-likeness (QED) is 0.364. The number of benzene rings is 1. The average molecular weight is 236 g/mol. The molecule has 1 rings (SSSR count). The van der Waals surface area contributed by atoms with E-state index in [1.807, 2.05) is 0 Å². The molecule has 0 atom stereocenters. The Morgan fingerprint density at radius 3 is 1.67 bits per heavy atom. The van der Waals surface area contributed by atoms with Gasteiger partial charge in [0.2, 0.25) is 0 Å². The van der Waals surface area contributed by atoms with Crippen LogP contribution in [0.4, 0.5) is 0 Å². The average Bonchev–Trinajstić information content (AvgIpc) is 2.05. The van der Waals surface area contributed by atoms with E-state index in [-0.39, 0.29) is 34.1 Å². The van der Waals surface area contributed by atoms with Gasteiger partial charge in [0, 0.05) is 34.1 Å². The van der Waals surface area contributed by atoms with Gasteiger partial charge in [-0.3, -0.25) is 11.8 Å². The summed E-state index contributed by atoms with van der Waals surface area (Å²) in [6.45, 7) is 0. The molecule has 0 bridgehead atoms. The molecule has 0 aliphatic rings. The van der Waals surface area contributed by atoms with Crippen LogP contribution in [0.3, 0.4) is 0 Å². The van der Waals surface area contributed by atoms with Crippen LogP contribution in [0, 0.1) is 24.7 Å². The normalized spacial score (nSPS) is 6.50. The molecule has 0 N–H and O–H groups in total. The third-order valence-corrected chi connectivity index (χ3v) is 1.15. The van der Waals surface area contributed by atoms with Crippen molar-refractivity contribution < 1.29 is 34.1 Å². The third kappa shape index (κ3) is 3.68. The Labute approximate surface area is 94.1 Å². The van der Waals surface area contributed by atoms with Gasteiger partial charge in [0.15, 0.2) is 0 Å². The van der Waals surface area contributed by atoms with Gasteiger partial charge in [-0.05, 0) is 0 Å². The summed E-state index contributed by atoms with van der Waals surface area (Å²) in [4.78, 5) is 0. The van der Waals surface area contributed by atoms with Crippen LogP contribution in [0.15, 0.2) is 24.3 Å². The van der Waals surface area contributed by atoms with Crippen LogP contribution in [-0.2, 0) is 34.1 Å². The second-order valence-corrected chi connectivity index (χ2v) is 1.83. The van der Waals surface area contributed by atoms with Crippen LogP contribution >= 0.6 is 0 Å². The largest absolute Gasteiger partial charge is 0.366 e. The molecular formula is C10H4Fe2-2. The fourth-order valence-electron chi connectivity index (χ4n) is 0.675. The van der Waals surface area contributed by atoms with Crippen LogP contribution in [0.1, 0.15) is 11.1 Å². The molecule has 0 aliphatic carbocycles. The molecular weight excluding hydrogens is 232 g/mol. The molecule has 0 unspecified atom stereocenters. The van der Waals surface area contributed by atoms with Crippen molar-refractivity contribution >= 4 is 0 Å². The van der Waals surface area contributed by atoms with Crippen molar-refractivity contribution in [3.63, 3.8) is 0 Å². The minimum atomic E-state index is 0. The predicted octanol–water partition coefficient (Wildman–Crippen LogP) is 1.56. The molecule has 2 heteroatoms. The Bertz CT molecular complexity index is 286. The first-order chi connectivity index (χ1) is 4.86. The Kier molecular flexibility index (Phi) is 8.19. The predicted molar refractivity (Wildman–Crippen MR) is 38.9 cm³/mol. The molecule has 0 fully saturated rings. The zero-order valence-corrected chi connectivity index (χ0v) is 8.22. The van der Waals surface area contributed by atoms with Gasteiger partial charge in [-0.25, -0.2) is 0 Å². The number of hydrogen-bond acceptors (Lipinski definition) is 0. The van der Waals surface area contributed by atoms with E-state index in [0.29, 0.717) is 11.1 Å². The SMILES string of the molecule is [C-]#Cc1cccc(C#[C-])c1.[Fe].[Fe]. The molecule has 0 saturated carbocycles. The van der Waals surface area contributed by atoms with Gasteiger partial charge in [-0.2, -0.15) is 6.07 Å². The zero-order valence-electron chi connectivity index (χ0n) is 6.02. The molecule has 0 amide bonds. The van der Waals surface area contributed by atoms with E-state index in [0.717, 1.165) is 0 Å². The van der Waals surface area contributed by atoms with Crippen molar-refractivity contribution in [2.75, 3.05) is 0 Å². The van der Waals surface area contributed by atoms with Gasteiger partial charge in [0.05, 0.1) is 0 Å². The summed E-state index contributed by atoms with van der Waals surface area (Å²) >= 11 is 0. The first-order valence-electron chi connectivity index (χ1n) is 2.82. The Morgan fingerprint density at radius 2 is 1.33 bits per heavy atom. The molecule has 0 radical (unpaired) electrons. The minimum Gasteiger partial charge on any atom is -0.366 e. The fraction of sp³-hybridized carbons (Fsp3) is 0. The van der Waals surface area contributed by atoms with E-state index in [1.165, 1.54) is 0 Å². The molecule has 62 valence electrons. The summed E-state index contributed by atoms with van der Waals surface area (Å²) in [6, 6.07) is 6.97. The maximum Gasteiger partial charge on any atom is 0 e. The molecule has 0 aliphatic heterocycles. The van der Waals surface area contributed by atoms with Crippen molar-refractivity contribution in [2.45, 2.75) is 0 Å². The van der Waals surface area contributed by atoms with E-state index in [2.05, 4.69) is 11.8 Å². The summed E-state index contributed by atoms with van der Waals surface area (Å²) in [6.07, 6.45) is 13.6. The van der Waals surface area contributed by atoms with Crippen LogP contribution in [0.5, 0.6) is 0 Å². The van der Waals surface area contributed by atoms with Gasteiger partial charge in [0.25, 0.3) is 0 Å². The summed E-state index contributed by atoms with van der Waals surface area (Å²) in [5.74, 6) is 4.46. The number of hydrogen-bond donors (Lipinski definition) is 0. The second-order valence-electron chi connectivity index (χ2n) is 1.83. The molecule has 1 aromatic carbocycles. The van der Waals surface area contributed by atoms with Crippen molar-refractivity contribution in [3.05, 3.63) is 48.2 Å². The summed E-state index contributed by atoms with van der Waals surface area (Å²) in [5, 5.41) is 0. The molecule has 0 heterocycles. The summed E-state index contributed by atoms with van der Waals surface area (Å²) in [5.41, 5.74) is 1.36. The molecule has 0 nitrogen and oxygen atoms in total. The fourth-order valence-corrected chi connectivity index (χ4v) is 0.675. The molecule has 0 aromatic heterocycles. The minimum absolute atomic E-state index is 0. The maximum atomic E-state index is 6.78. The van der Waals surface area contributed by atoms with Crippen LogP contribution in [0.2, 0.25) is 0 Å². The first kappa shape index (κ1) is 13.9. The van der Waals surface area contributed by atoms with Crippen molar-refractivity contribution in [2.24, 2.45) is 0 Å². The molecule has 12 heavy (non-hydrogen) atoms. The Balaban J connectivity index is 0. The topological polar surface area (TPSA) is 0 Å².